The molecule has 2 aliphatic heterocycles. The normalized spacial score (nSPS) is 19.0. The minimum absolute atomic E-state index is 0.195. The first-order chi connectivity index (χ1) is 13.2. The SMILES string of the molecule is O=C1N(c2cccnc2)Cc2cc(-c3ccc(N4CC[C@H](F)C4)nc3)nn21. The number of halogens is 1. The number of amides is 1. The molecule has 5 heterocycles. The molecule has 0 radical (unpaired) electrons. The highest BCUT2D eigenvalue weighted by Crippen LogP contribution is 2.28. The van der Waals surface area contributed by atoms with Gasteiger partial charge in [-0.25, -0.2) is 14.2 Å². The van der Waals surface area contributed by atoms with Gasteiger partial charge in [-0.2, -0.15) is 9.78 Å². The highest BCUT2D eigenvalue weighted by atomic mass is 19.1. The second-order valence-corrected chi connectivity index (χ2v) is 6.75. The average Bonchev–Trinajstić information content (AvgIpc) is 3.39. The van der Waals surface area contributed by atoms with Gasteiger partial charge in [0.15, 0.2) is 0 Å². The maximum Gasteiger partial charge on any atom is 0.349 e. The number of aromatic nitrogens is 4. The Morgan fingerprint density at radius 1 is 1.19 bits per heavy atom. The smallest absolute Gasteiger partial charge is 0.349 e. The lowest BCUT2D eigenvalue weighted by molar-refractivity contribution is 0.248. The second-order valence-electron chi connectivity index (χ2n) is 6.75. The zero-order chi connectivity index (χ0) is 18.4. The van der Waals surface area contributed by atoms with Crippen LogP contribution in [0.3, 0.4) is 0 Å². The van der Waals surface area contributed by atoms with E-state index in [0.717, 1.165) is 22.8 Å². The van der Waals surface area contributed by atoms with E-state index in [9.17, 15) is 9.18 Å². The second kappa shape index (κ2) is 6.15. The number of rotatable bonds is 3. The molecule has 2 aliphatic rings. The highest BCUT2D eigenvalue weighted by Gasteiger charge is 2.30. The van der Waals surface area contributed by atoms with Crippen LogP contribution in [0, 0.1) is 0 Å². The number of alkyl halides is 1. The molecule has 8 heteroatoms. The molecule has 3 aromatic heterocycles. The Balaban J connectivity index is 1.37. The first kappa shape index (κ1) is 15.9. The maximum atomic E-state index is 13.4. The summed E-state index contributed by atoms with van der Waals surface area (Å²) in [6.07, 6.45) is 4.83. The van der Waals surface area contributed by atoms with Crippen LogP contribution in [0.2, 0.25) is 0 Å². The van der Waals surface area contributed by atoms with Gasteiger partial charge in [0.1, 0.15) is 12.0 Å². The monoisotopic (exact) mass is 364 g/mol. The van der Waals surface area contributed by atoms with E-state index in [1.165, 1.54) is 4.68 Å². The summed E-state index contributed by atoms with van der Waals surface area (Å²) in [4.78, 5) is 24.7. The fourth-order valence-corrected chi connectivity index (χ4v) is 3.55. The van der Waals surface area contributed by atoms with Crippen LogP contribution in [0.4, 0.5) is 20.7 Å². The summed E-state index contributed by atoms with van der Waals surface area (Å²) in [5.41, 5.74) is 3.10. The molecule has 0 saturated carbocycles. The molecule has 0 unspecified atom stereocenters. The van der Waals surface area contributed by atoms with Crippen molar-refractivity contribution in [3.8, 4) is 11.3 Å². The summed E-state index contributed by atoms with van der Waals surface area (Å²) in [6, 6.07) is 9.14. The topological polar surface area (TPSA) is 67.2 Å². The molecule has 1 amide bonds. The van der Waals surface area contributed by atoms with Gasteiger partial charge < -0.3 is 4.90 Å². The Kier molecular flexibility index (Phi) is 3.63. The summed E-state index contributed by atoms with van der Waals surface area (Å²) >= 11 is 0. The Morgan fingerprint density at radius 3 is 2.78 bits per heavy atom. The largest absolute Gasteiger partial charge is 0.354 e. The molecular weight excluding hydrogens is 347 g/mol. The Morgan fingerprint density at radius 2 is 2.11 bits per heavy atom. The summed E-state index contributed by atoms with van der Waals surface area (Å²) < 4.78 is 14.8. The van der Waals surface area contributed by atoms with Crippen LogP contribution in [-0.4, -0.2) is 45.0 Å². The van der Waals surface area contributed by atoms with Gasteiger partial charge in [0.2, 0.25) is 0 Å². The van der Waals surface area contributed by atoms with Gasteiger partial charge in [-0.3, -0.25) is 9.88 Å². The van der Waals surface area contributed by atoms with Crippen LogP contribution < -0.4 is 9.80 Å². The number of carbonyl (C=O) groups excluding carboxylic acids is 1. The van der Waals surface area contributed by atoms with Crippen molar-refractivity contribution < 1.29 is 9.18 Å². The van der Waals surface area contributed by atoms with Crippen LogP contribution in [0.15, 0.2) is 48.9 Å². The Labute approximate surface area is 155 Å². The fourth-order valence-electron chi connectivity index (χ4n) is 3.55. The van der Waals surface area contributed by atoms with E-state index in [0.29, 0.717) is 31.7 Å². The van der Waals surface area contributed by atoms with Crippen LogP contribution in [0.25, 0.3) is 11.3 Å². The minimum atomic E-state index is -0.781. The zero-order valence-corrected chi connectivity index (χ0v) is 14.5. The molecular formula is C19H17FN6O. The molecule has 0 aromatic carbocycles. The molecule has 0 N–H and O–H groups in total. The van der Waals surface area contributed by atoms with Gasteiger partial charge in [0.25, 0.3) is 0 Å². The van der Waals surface area contributed by atoms with Crippen LogP contribution in [-0.2, 0) is 6.54 Å². The highest BCUT2D eigenvalue weighted by molar-refractivity contribution is 5.96. The van der Waals surface area contributed by atoms with Crippen molar-refractivity contribution in [2.45, 2.75) is 19.1 Å². The first-order valence-corrected chi connectivity index (χ1v) is 8.85. The molecule has 0 aliphatic carbocycles. The molecule has 27 heavy (non-hydrogen) atoms. The first-order valence-electron chi connectivity index (χ1n) is 8.85. The lowest BCUT2D eigenvalue weighted by Crippen LogP contribution is -2.26. The summed E-state index contributed by atoms with van der Waals surface area (Å²) in [5.74, 6) is 0.768. The number of anilines is 2. The van der Waals surface area contributed by atoms with Gasteiger partial charge >= 0.3 is 6.03 Å². The van der Waals surface area contributed by atoms with Crippen molar-refractivity contribution in [1.29, 1.82) is 0 Å². The van der Waals surface area contributed by atoms with Crippen molar-refractivity contribution in [3.05, 3.63) is 54.6 Å². The lowest BCUT2D eigenvalue weighted by atomic mass is 10.2. The third kappa shape index (κ3) is 2.73. The summed E-state index contributed by atoms with van der Waals surface area (Å²) in [6.45, 7) is 1.53. The zero-order valence-electron chi connectivity index (χ0n) is 14.5. The van der Waals surface area contributed by atoms with Crippen LogP contribution in [0.5, 0.6) is 0 Å². The number of carbonyl (C=O) groups is 1. The molecule has 7 nitrogen and oxygen atoms in total. The molecule has 1 atom stereocenters. The van der Waals surface area contributed by atoms with Crippen molar-refractivity contribution in [2.75, 3.05) is 22.9 Å². The van der Waals surface area contributed by atoms with Gasteiger partial charge in [-0.1, -0.05) is 0 Å². The quantitative estimate of drug-likeness (QED) is 0.715. The molecule has 1 saturated heterocycles. The van der Waals surface area contributed by atoms with Crippen LogP contribution in [0.1, 0.15) is 12.1 Å². The van der Waals surface area contributed by atoms with Gasteiger partial charge in [-0.05, 0) is 36.8 Å². The van der Waals surface area contributed by atoms with E-state index in [1.54, 1.807) is 29.6 Å². The number of hydrogen-bond donors (Lipinski definition) is 0. The molecule has 1 fully saturated rings. The van der Waals surface area contributed by atoms with Crippen molar-refractivity contribution in [1.82, 2.24) is 19.7 Å². The van der Waals surface area contributed by atoms with E-state index in [4.69, 9.17) is 0 Å². The number of fused-ring (bicyclic) bond motifs is 1. The fraction of sp³-hybridized carbons (Fsp3) is 0.263. The molecule has 3 aromatic rings. The molecule has 5 rings (SSSR count). The van der Waals surface area contributed by atoms with E-state index in [2.05, 4.69) is 15.1 Å². The van der Waals surface area contributed by atoms with Crippen molar-refractivity contribution in [3.63, 3.8) is 0 Å². The Hall–Kier alpha value is -3.29. The van der Waals surface area contributed by atoms with Gasteiger partial charge in [-0.15, -0.1) is 0 Å². The van der Waals surface area contributed by atoms with E-state index in [-0.39, 0.29) is 6.03 Å². The number of nitrogens with zero attached hydrogens (tertiary/aromatic N) is 6. The van der Waals surface area contributed by atoms with E-state index in [1.807, 2.05) is 29.2 Å². The third-order valence-corrected chi connectivity index (χ3v) is 4.97. The maximum absolute atomic E-state index is 13.4. The molecule has 0 spiro atoms. The van der Waals surface area contributed by atoms with E-state index < -0.39 is 6.17 Å². The predicted molar refractivity (Wildman–Crippen MR) is 98.4 cm³/mol. The Bertz CT molecular complexity index is 987. The lowest BCUT2D eigenvalue weighted by Gasteiger charge is -2.16. The number of hydrogen-bond acceptors (Lipinski definition) is 5. The minimum Gasteiger partial charge on any atom is -0.354 e. The van der Waals surface area contributed by atoms with Gasteiger partial charge in [0.05, 0.1) is 36.4 Å². The average molecular weight is 364 g/mol. The molecule has 136 valence electrons. The van der Waals surface area contributed by atoms with Crippen LogP contribution >= 0.6 is 0 Å². The summed E-state index contributed by atoms with van der Waals surface area (Å²) in [7, 11) is 0. The standard InChI is InChI=1S/C19H17FN6O/c20-14-5-7-24(11-14)18-4-3-13(9-22-18)17-8-16-12-25(19(27)26(16)23-17)15-2-1-6-21-10-15/h1-4,6,8-10,14H,5,7,11-12H2/t14-/m0/s1. The number of pyridine rings is 2. The predicted octanol–water partition coefficient (Wildman–Crippen LogP) is 2.88. The van der Waals surface area contributed by atoms with Crippen molar-refractivity contribution >= 4 is 17.5 Å². The third-order valence-electron chi connectivity index (χ3n) is 4.97. The van der Waals surface area contributed by atoms with Gasteiger partial charge in [0, 0.05) is 24.5 Å². The summed E-state index contributed by atoms with van der Waals surface area (Å²) in [5, 5.41) is 4.45. The molecule has 0 bridgehead atoms. The van der Waals surface area contributed by atoms with E-state index >= 15 is 0 Å². The van der Waals surface area contributed by atoms with Crippen molar-refractivity contribution in [2.24, 2.45) is 0 Å².